The molecule has 5 nitrogen and oxygen atoms in total. The highest BCUT2D eigenvalue weighted by Gasteiger charge is 2.08. The number of hydrogen-bond donors (Lipinski definition) is 1. The van der Waals surface area contributed by atoms with Gasteiger partial charge in [-0.15, -0.1) is 10.2 Å². The highest BCUT2D eigenvalue weighted by Crippen LogP contribution is 2.20. The van der Waals surface area contributed by atoms with E-state index in [9.17, 15) is 4.39 Å². The summed E-state index contributed by atoms with van der Waals surface area (Å²) in [6.45, 7) is 2.00. The molecular weight excluding hydrogens is 223 g/mol. The van der Waals surface area contributed by atoms with Crippen molar-refractivity contribution in [2.75, 3.05) is 5.73 Å². The third kappa shape index (κ3) is 2.35. The van der Waals surface area contributed by atoms with E-state index in [1.165, 1.54) is 12.1 Å². The van der Waals surface area contributed by atoms with Crippen LogP contribution in [0.4, 0.5) is 10.1 Å². The Morgan fingerprint density at radius 1 is 1.41 bits per heavy atom. The van der Waals surface area contributed by atoms with E-state index in [1.807, 2.05) is 14.0 Å². The van der Waals surface area contributed by atoms with E-state index in [4.69, 9.17) is 10.5 Å². The van der Waals surface area contributed by atoms with Gasteiger partial charge in [-0.1, -0.05) is 0 Å². The number of aryl methyl sites for hydroxylation is 1. The predicted octanol–water partition coefficient (Wildman–Crippen LogP) is 1.42. The number of ether oxygens (including phenoxy) is 1. The van der Waals surface area contributed by atoms with Gasteiger partial charge in [0.15, 0.2) is 17.4 Å². The van der Waals surface area contributed by atoms with Crippen LogP contribution in [0.1, 0.15) is 11.6 Å². The monoisotopic (exact) mass is 236 g/mol. The van der Waals surface area contributed by atoms with Crippen LogP contribution in [0.3, 0.4) is 0 Å². The van der Waals surface area contributed by atoms with Gasteiger partial charge >= 0.3 is 0 Å². The van der Waals surface area contributed by atoms with Gasteiger partial charge in [0.25, 0.3) is 0 Å². The minimum Gasteiger partial charge on any atom is -0.483 e. The molecule has 90 valence electrons. The molecule has 2 aromatic rings. The zero-order valence-corrected chi connectivity index (χ0v) is 9.64. The fourth-order valence-corrected chi connectivity index (χ4v) is 1.35. The van der Waals surface area contributed by atoms with E-state index in [0.717, 1.165) is 5.82 Å². The Morgan fingerprint density at radius 2 is 2.18 bits per heavy atom. The zero-order chi connectivity index (χ0) is 12.4. The van der Waals surface area contributed by atoms with Gasteiger partial charge in [0, 0.05) is 18.8 Å². The molecule has 0 amide bonds. The van der Waals surface area contributed by atoms with Crippen LogP contribution in [0.25, 0.3) is 0 Å². The van der Waals surface area contributed by atoms with Crippen molar-refractivity contribution >= 4 is 5.69 Å². The number of nitrogens with two attached hydrogens (primary N) is 1. The van der Waals surface area contributed by atoms with Crippen molar-refractivity contribution in [1.29, 1.82) is 0 Å². The second kappa shape index (κ2) is 4.40. The molecule has 0 aliphatic carbocycles. The maximum absolute atomic E-state index is 13.4. The van der Waals surface area contributed by atoms with E-state index < -0.39 is 5.82 Å². The summed E-state index contributed by atoms with van der Waals surface area (Å²) in [7, 11) is 1.83. The molecule has 0 atom stereocenters. The first-order valence-electron chi connectivity index (χ1n) is 5.10. The van der Waals surface area contributed by atoms with Crippen LogP contribution in [0.15, 0.2) is 18.2 Å². The van der Waals surface area contributed by atoms with Crippen molar-refractivity contribution in [3.63, 3.8) is 0 Å². The number of halogens is 1. The number of anilines is 1. The smallest absolute Gasteiger partial charge is 0.170 e. The van der Waals surface area contributed by atoms with Gasteiger partial charge in [0.2, 0.25) is 0 Å². The maximum Gasteiger partial charge on any atom is 0.170 e. The van der Waals surface area contributed by atoms with Gasteiger partial charge in [0.1, 0.15) is 12.4 Å². The summed E-state index contributed by atoms with van der Waals surface area (Å²) < 4.78 is 20.5. The molecule has 0 saturated heterocycles. The first-order valence-corrected chi connectivity index (χ1v) is 5.10. The van der Waals surface area contributed by atoms with Crippen molar-refractivity contribution < 1.29 is 9.13 Å². The summed E-state index contributed by atoms with van der Waals surface area (Å²) in [6, 6.07) is 4.30. The normalized spacial score (nSPS) is 10.5. The molecule has 2 rings (SSSR count). The molecule has 2 N–H and O–H groups in total. The van der Waals surface area contributed by atoms with Crippen LogP contribution in [-0.4, -0.2) is 14.8 Å². The van der Waals surface area contributed by atoms with Gasteiger partial charge in [-0.25, -0.2) is 4.39 Å². The minimum absolute atomic E-state index is 0.153. The average molecular weight is 236 g/mol. The predicted molar refractivity (Wildman–Crippen MR) is 60.9 cm³/mol. The number of rotatable bonds is 3. The van der Waals surface area contributed by atoms with Crippen molar-refractivity contribution in [3.8, 4) is 5.75 Å². The molecule has 0 radical (unpaired) electrons. The van der Waals surface area contributed by atoms with Crippen LogP contribution < -0.4 is 10.5 Å². The van der Waals surface area contributed by atoms with Crippen LogP contribution in [0.5, 0.6) is 5.75 Å². The molecule has 1 heterocycles. The molecule has 0 saturated carbocycles. The first kappa shape index (κ1) is 11.4. The molecule has 0 spiro atoms. The van der Waals surface area contributed by atoms with Crippen LogP contribution >= 0.6 is 0 Å². The number of aromatic nitrogens is 3. The van der Waals surface area contributed by atoms with Gasteiger partial charge in [-0.2, -0.15) is 0 Å². The average Bonchev–Trinajstić information content (AvgIpc) is 2.59. The number of nitrogen functional groups attached to an aromatic ring is 1. The molecule has 6 heteroatoms. The van der Waals surface area contributed by atoms with Crippen LogP contribution in [0, 0.1) is 12.7 Å². The Kier molecular flexibility index (Phi) is 2.95. The fraction of sp³-hybridized carbons (Fsp3) is 0.273. The molecule has 0 bridgehead atoms. The topological polar surface area (TPSA) is 66.0 Å². The summed E-state index contributed by atoms with van der Waals surface area (Å²) in [5.41, 5.74) is 5.81. The SMILES string of the molecule is Cc1nnc(COc2ccc(N)cc2F)n1C. The molecule has 0 fully saturated rings. The van der Waals surface area contributed by atoms with Crippen molar-refractivity contribution in [2.45, 2.75) is 13.5 Å². The summed E-state index contributed by atoms with van der Waals surface area (Å²) in [6.07, 6.45) is 0. The summed E-state index contributed by atoms with van der Waals surface area (Å²) in [5, 5.41) is 7.80. The lowest BCUT2D eigenvalue weighted by Crippen LogP contribution is -2.05. The Balaban J connectivity index is 2.10. The molecule has 1 aromatic heterocycles. The fourth-order valence-electron chi connectivity index (χ4n) is 1.35. The van der Waals surface area contributed by atoms with E-state index in [-0.39, 0.29) is 12.4 Å². The third-order valence-corrected chi connectivity index (χ3v) is 2.50. The van der Waals surface area contributed by atoms with Gasteiger partial charge < -0.3 is 15.0 Å². The highest BCUT2D eigenvalue weighted by atomic mass is 19.1. The zero-order valence-electron chi connectivity index (χ0n) is 9.64. The standard InChI is InChI=1S/C11H13FN4O/c1-7-14-15-11(16(7)2)6-17-10-4-3-8(13)5-9(10)12/h3-5H,6,13H2,1-2H3. The maximum atomic E-state index is 13.4. The van der Waals surface area contributed by atoms with E-state index in [1.54, 1.807) is 10.6 Å². The lowest BCUT2D eigenvalue weighted by atomic mass is 10.3. The lowest BCUT2D eigenvalue weighted by molar-refractivity contribution is 0.277. The number of nitrogens with zero attached hydrogens (tertiary/aromatic N) is 3. The Morgan fingerprint density at radius 3 is 2.76 bits per heavy atom. The number of hydrogen-bond acceptors (Lipinski definition) is 4. The second-order valence-corrected chi connectivity index (χ2v) is 3.70. The molecule has 1 aromatic carbocycles. The summed E-state index contributed by atoms with van der Waals surface area (Å²) >= 11 is 0. The van der Waals surface area contributed by atoms with Gasteiger partial charge in [-0.05, 0) is 19.1 Å². The lowest BCUT2D eigenvalue weighted by Gasteiger charge is -2.07. The second-order valence-electron chi connectivity index (χ2n) is 3.70. The Hall–Kier alpha value is -2.11. The largest absolute Gasteiger partial charge is 0.483 e. The Bertz CT molecular complexity index is 538. The highest BCUT2D eigenvalue weighted by molar-refractivity contribution is 5.42. The van der Waals surface area contributed by atoms with Crippen LogP contribution in [-0.2, 0) is 13.7 Å². The van der Waals surface area contributed by atoms with Gasteiger partial charge in [-0.3, -0.25) is 0 Å². The van der Waals surface area contributed by atoms with Gasteiger partial charge in [0.05, 0.1) is 0 Å². The Labute approximate surface area is 98.0 Å². The molecular formula is C11H13FN4O. The van der Waals surface area contributed by atoms with Crippen molar-refractivity contribution in [2.24, 2.45) is 7.05 Å². The van der Waals surface area contributed by atoms with Crippen molar-refractivity contribution in [3.05, 3.63) is 35.7 Å². The molecule has 0 unspecified atom stereocenters. The summed E-state index contributed by atoms with van der Waals surface area (Å²) in [4.78, 5) is 0. The molecule has 0 aliphatic rings. The minimum atomic E-state index is -0.483. The molecule has 0 aliphatic heterocycles. The van der Waals surface area contributed by atoms with E-state index >= 15 is 0 Å². The van der Waals surface area contributed by atoms with Crippen LogP contribution in [0.2, 0.25) is 0 Å². The quantitative estimate of drug-likeness (QED) is 0.818. The van der Waals surface area contributed by atoms with E-state index in [2.05, 4.69) is 10.2 Å². The third-order valence-electron chi connectivity index (χ3n) is 2.50. The first-order chi connectivity index (χ1) is 8.08. The van der Waals surface area contributed by atoms with E-state index in [0.29, 0.717) is 11.5 Å². The molecule has 17 heavy (non-hydrogen) atoms. The number of benzene rings is 1. The summed E-state index contributed by atoms with van der Waals surface area (Å²) in [5.74, 6) is 1.09. The van der Waals surface area contributed by atoms with Crippen molar-refractivity contribution in [1.82, 2.24) is 14.8 Å².